The van der Waals surface area contributed by atoms with Gasteiger partial charge in [0.2, 0.25) is 0 Å². The van der Waals surface area contributed by atoms with Gasteiger partial charge in [-0.15, -0.1) is 0 Å². The number of carbonyl (C=O) groups excluding carboxylic acids is 1. The minimum atomic E-state index is -0.536. The zero-order valence-corrected chi connectivity index (χ0v) is 17.7. The highest BCUT2D eigenvalue weighted by Crippen LogP contribution is 2.30. The average molecular weight is 431 g/mol. The van der Waals surface area contributed by atoms with Crippen LogP contribution in [0.15, 0.2) is 29.1 Å². The number of halogens is 1. The number of rotatable bonds is 3. The van der Waals surface area contributed by atoms with Gasteiger partial charge in [0.25, 0.3) is 0 Å². The van der Waals surface area contributed by atoms with Crippen molar-refractivity contribution in [2.75, 3.05) is 18.4 Å². The number of nitrogens with zero attached hydrogens (tertiary/aromatic N) is 3. The molecule has 1 amide bonds. The molecule has 3 aromatic rings. The lowest BCUT2D eigenvalue weighted by molar-refractivity contribution is 0.0293. The van der Waals surface area contributed by atoms with Crippen LogP contribution in [0.1, 0.15) is 27.2 Å². The highest BCUT2D eigenvalue weighted by atomic mass is 35.5. The molecule has 0 saturated carbocycles. The number of pyridine rings is 1. The van der Waals surface area contributed by atoms with Gasteiger partial charge >= 0.3 is 11.8 Å². The molecular weight excluding hydrogens is 408 g/mol. The van der Waals surface area contributed by atoms with E-state index in [-0.39, 0.29) is 12.1 Å². The molecule has 30 heavy (non-hydrogen) atoms. The number of ether oxygens (including phenoxy) is 1. The smallest absolute Gasteiger partial charge is 0.410 e. The van der Waals surface area contributed by atoms with Gasteiger partial charge in [0.1, 0.15) is 17.1 Å². The third kappa shape index (κ3) is 4.40. The SMILES string of the molecule is CC(C)(C)OC(=O)N1CCC(Nc2nc(-c3n[nH]c(=O)[nH]3)cc3ccc(Cl)cc23)C1. The summed E-state index contributed by atoms with van der Waals surface area (Å²) >= 11 is 6.20. The molecule has 9 nitrogen and oxygen atoms in total. The van der Waals surface area contributed by atoms with Crippen molar-refractivity contribution in [1.82, 2.24) is 25.1 Å². The Balaban J connectivity index is 1.61. The molecule has 0 bridgehead atoms. The van der Waals surface area contributed by atoms with Gasteiger partial charge in [0.05, 0.1) is 0 Å². The molecule has 1 aromatic carbocycles. The molecule has 4 rings (SSSR count). The minimum absolute atomic E-state index is 0.000632. The van der Waals surface area contributed by atoms with Crippen LogP contribution >= 0.6 is 11.6 Å². The number of amides is 1. The van der Waals surface area contributed by atoms with E-state index in [2.05, 4.69) is 25.5 Å². The molecule has 1 unspecified atom stereocenters. The van der Waals surface area contributed by atoms with Gasteiger partial charge < -0.3 is 15.0 Å². The van der Waals surface area contributed by atoms with Crippen LogP contribution in [0, 0.1) is 0 Å². The van der Waals surface area contributed by atoms with Crippen LogP contribution in [-0.4, -0.2) is 55.9 Å². The van der Waals surface area contributed by atoms with Crippen LogP contribution in [0.2, 0.25) is 5.02 Å². The number of likely N-dealkylation sites (tertiary alicyclic amines) is 1. The Hall–Kier alpha value is -3.07. The second-order valence-corrected chi connectivity index (χ2v) is 8.74. The fraction of sp³-hybridized carbons (Fsp3) is 0.400. The second-order valence-electron chi connectivity index (χ2n) is 8.30. The lowest BCUT2D eigenvalue weighted by Crippen LogP contribution is -2.36. The predicted octanol–water partition coefficient (Wildman–Crippen LogP) is 3.39. The number of anilines is 1. The van der Waals surface area contributed by atoms with E-state index < -0.39 is 11.3 Å². The first-order chi connectivity index (χ1) is 14.2. The van der Waals surface area contributed by atoms with E-state index in [1.165, 1.54) is 0 Å². The Labute approximate surface area is 177 Å². The third-order valence-corrected chi connectivity index (χ3v) is 4.95. The number of carbonyl (C=O) groups is 1. The largest absolute Gasteiger partial charge is 0.444 e. The second kappa shape index (κ2) is 7.64. The number of H-pyrrole nitrogens is 2. The third-order valence-electron chi connectivity index (χ3n) is 4.72. The number of benzene rings is 1. The lowest BCUT2D eigenvalue weighted by atomic mass is 10.1. The monoisotopic (exact) mass is 430 g/mol. The normalized spacial score (nSPS) is 16.8. The Morgan fingerprint density at radius 1 is 1.33 bits per heavy atom. The van der Waals surface area contributed by atoms with Crippen molar-refractivity contribution >= 4 is 34.3 Å². The molecule has 1 aliphatic heterocycles. The maximum absolute atomic E-state index is 12.4. The van der Waals surface area contributed by atoms with Crippen molar-refractivity contribution in [3.8, 4) is 11.5 Å². The van der Waals surface area contributed by atoms with Crippen molar-refractivity contribution in [3.05, 3.63) is 39.8 Å². The summed E-state index contributed by atoms with van der Waals surface area (Å²) in [6.07, 6.45) is 0.433. The summed E-state index contributed by atoms with van der Waals surface area (Å²) in [5.74, 6) is 0.964. The summed E-state index contributed by atoms with van der Waals surface area (Å²) in [7, 11) is 0. The number of nitrogens with one attached hydrogen (secondary N) is 3. The van der Waals surface area contributed by atoms with Gasteiger partial charge in [-0.1, -0.05) is 17.7 Å². The molecule has 0 spiro atoms. The molecule has 10 heteroatoms. The molecule has 2 aromatic heterocycles. The summed E-state index contributed by atoms with van der Waals surface area (Å²) < 4.78 is 5.47. The van der Waals surface area contributed by atoms with E-state index in [0.717, 1.165) is 17.2 Å². The van der Waals surface area contributed by atoms with Gasteiger partial charge in [0, 0.05) is 29.5 Å². The van der Waals surface area contributed by atoms with Crippen LogP contribution in [0.4, 0.5) is 10.6 Å². The Morgan fingerprint density at radius 3 is 2.83 bits per heavy atom. The first kappa shape index (κ1) is 20.2. The topological polar surface area (TPSA) is 116 Å². The minimum Gasteiger partial charge on any atom is -0.444 e. The zero-order chi connectivity index (χ0) is 21.5. The molecule has 1 aliphatic rings. The van der Waals surface area contributed by atoms with Crippen molar-refractivity contribution in [2.24, 2.45) is 0 Å². The first-order valence-electron chi connectivity index (χ1n) is 9.68. The number of aromatic amines is 2. The van der Waals surface area contributed by atoms with Crippen LogP contribution in [0.5, 0.6) is 0 Å². The number of fused-ring (bicyclic) bond motifs is 1. The molecule has 0 radical (unpaired) electrons. The number of hydrogen-bond acceptors (Lipinski definition) is 6. The van der Waals surface area contributed by atoms with Crippen LogP contribution in [-0.2, 0) is 4.74 Å². The van der Waals surface area contributed by atoms with Crippen LogP contribution in [0.3, 0.4) is 0 Å². The van der Waals surface area contributed by atoms with E-state index in [1.54, 1.807) is 11.0 Å². The van der Waals surface area contributed by atoms with E-state index in [9.17, 15) is 9.59 Å². The van der Waals surface area contributed by atoms with E-state index >= 15 is 0 Å². The number of aromatic nitrogens is 4. The van der Waals surface area contributed by atoms with Gasteiger partial charge in [0.15, 0.2) is 5.82 Å². The van der Waals surface area contributed by atoms with Crippen molar-refractivity contribution in [2.45, 2.75) is 38.8 Å². The number of hydrogen-bond donors (Lipinski definition) is 3. The lowest BCUT2D eigenvalue weighted by Gasteiger charge is -2.24. The molecule has 158 valence electrons. The molecule has 1 saturated heterocycles. The Bertz CT molecular complexity index is 1150. The summed E-state index contributed by atoms with van der Waals surface area (Å²) in [5, 5.41) is 12.1. The molecule has 1 fully saturated rings. The van der Waals surface area contributed by atoms with Crippen molar-refractivity contribution in [3.63, 3.8) is 0 Å². The molecular formula is C20H23ClN6O3. The summed E-state index contributed by atoms with van der Waals surface area (Å²) in [4.78, 5) is 32.8. The highest BCUT2D eigenvalue weighted by molar-refractivity contribution is 6.31. The summed E-state index contributed by atoms with van der Waals surface area (Å²) in [6.45, 7) is 6.64. The van der Waals surface area contributed by atoms with Gasteiger partial charge in [-0.05, 0) is 50.8 Å². The van der Waals surface area contributed by atoms with Crippen LogP contribution in [0.25, 0.3) is 22.3 Å². The molecule has 3 N–H and O–H groups in total. The van der Waals surface area contributed by atoms with Crippen molar-refractivity contribution in [1.29, 1.82) is 0 Å². The van der Waals surface area contributed by atoms with E-state index in [4.69, 9.17) is 16.3 Å². The van der Waals surface area contributed by atoms with Gasteiger partial charge in [-0.2, -0.15) is 5.10 Å². The molecule has 0 aliphatic carbocycles. The average Bonchev–Trinajstić information content (AvgIpc) is 3.30. The summed E-state index contributed by atoms with van der Waals surface area (Å²) in [6, 6.07) is 7.36. The maximum Gasteiger partial charge on any atom is 0.410 e. The van der Waals surface area contributed by atoms with Gasteiger partial charge in [-0.25, -0.2) is 19.7 Å². The quantitative estimate of drug-likeness (QED) is 0.586. The Kier molecular flexibility index (Phi) is 5.15. The zero-order valence-electron chi connectivity index (χ0n) is 17.0. The fourth-order valence-electron chi connectivity index (χ4n) is 3.41. The first-order valence-corrected chi connectivity index (χ1v) is 10.1. The Morgan fingerprint density at radius 2 is 2.13 bits per heavy atom. The van der Waals surface area contributed by atoms with E-state index in [0.29, 0.717) is 35.4 Å². The van der Waals surface area contributed by atoms with Gasteiger partial charge in [-0.3, -0.25) is 4.98 Å². The molecule has 1 atom stereocenters. The van der Waals surface area contributed by atoms with Crippen molar-refractivity contribution < 1.29 is 9.53 Å². The van der Waals surface area contributed by atoms with E-state index in [1.807, 2.05) is 39.0 Å². The predicted molar refractivity (Wildman–Crippen MR) is 115 cm³/mol. The summed E-state index contributed by atoms with van der Waals surface area (Å²) in [5.41, 5.74) is -0.416. The highest BCUT2D eigenvalue weighted by Gasteiger charge is 2.30. The maximum atomic E-state index is 12.4. The molecule has 3 heterocycles. The standard InChI is InChI=1S/C20H23ClN6O3/c1-20(2,3)30-19(29)27-7-6-13(10-27)22-16-14-9-12(21)5-4-11(14)8-15(23-16)17-24-18(28)26-25-17/h4-5,8-9,13H,6-7,10H2,1-3H3,(H,22,23)(H2,24,25,26,28). The van der Waals surface area contributed by atoms with Crippen LogP contribution < -0.4 is 11.0 Å². The fourth-order valence-corrected chi connectivity index (χ4v) is 3.58.